The average molecular weight is 287 g/mol. The Morgan fingerprint density at radius 1 is 1.30 bits per heavy atom. The van der Waals surface area contributed by atoms with Crippen LogP contribution < -0.4 is 10.2 Å². The largest absolute Gasteiger partial charge is 0.343 e. The number of thiazole rings is 1. The summed E-state index contributed by atoms with van der Waals surface area (Å²) in [6.45, 7) is 6.35. The van der Waals surface area contributed by atoms with E-state index >= 15 is 0 Å². The molecule has 1 aliphatic rings. The minimum atomic E-state index is 0.373. The number of nitrogens with one attached hydrogen (secondary N) is 1. The van der Waals surface area contributed by atoms with Crippen LogP contribution in [-0.4, -0.2) is 18.6 Å². The summed E-state index contributed by atoms with van der Waals surface area (Å²) >= 11 is 1.83. The maximum Gasteiger partial charge on any atom is 0.186 e. The van der Waals surface area contributed by atoms with Crippen LogP contribution in [0.15, 0.2) is 24.3 Å². The van der Waals surface area contributed by atoms with Crippen LogP contribution in [0.3, 0.4) is 0 Å². The average Bonchev–Trinajstić information content (AvgIpc) is 2.88. The number of aromatic nitrogens is 1. The lowest BCUT2D eigenvalue weighted by Gasteiger charge is -2.28. The summed E-state index contributed by atoms with van der Waals surface area (Å²) in [6, 6.07) is 9.12. The van der Waals surface area contributed by atoms with Crippen LogP contribution >= 0.6 is 11.3 Å². The van der Waals surface area contributed by atoms with Crippen molar-refractivity contribution in [1.29, 1.82) is 0 Å². The molecule has 1 aromatic carbocycles. The third kappa shape index (κ3) is 2.45. The fourth-order valence-electron chi connectivity index (χ4n) is 2.72. The molecule has 106 valence electrons. The van der Waals surface area contributed by atoms with Gasteiger partial charge in [0.25, 0.3) is 0 Å². The van der Waals surface area contributed by atoms with Crippen molar-refractivity contribution in [2.24, 2.45) is 0 Å². The Morgan fingerprint density at radius 2 is 2.05 bits per heavy atom. The van der Waals surface area contributed by atoms with Crippen molar-refractivity contribution in [3.05, 3.63) is 46.0 Å². The first-order valence-electron chi connectivity index (χ1n) is 7.15. The highest BCUT2D eigenvalue weighted by Crippen LogP contribution is 2.33. The summed E-state index contributed by atoms with van der Waals surface area (Å²) in [4.78, 5) is 8.54. The van der Waals surface area contributed by atoms with Crippen molar-refractivity contribution in [3.63, 3.8) is 0 Å². The van der Waals surface area contributed by atoms with E-state index in [1.807, 2.05) is 18.4 Å². The van der Waals surface area contributed by atoms with Gasteiger partial charge in [-0.2, -0.15) is 0 Å². The lowest BCUT2D eigenvalue weighted by molar-refractivity contribution is 0.658. The predicted molar refractivity (Wildman–Crippen MR) is 85.5 cm³/mol. The zero-order valence-corrected chi connectivity index (χ0v) is 13.1. The monoisotopic (exact) mass is 287 g/mol. The van der Waals surface area contributed by atoms with Crippen LogP contribution in [-0.2, 0) is 13.0 Å². The fraction of sp³-hybridized carbons (Fsp3) is 0.438. The maximum atomic E-state index is 4.78. The number of fused-ring (bicyclic) bond motifs is 1. The molecule has 2 aromatic rings. The Morgan fingerprint density at radius 3 is 2.80 bits per heavy atom. The standard InChI is InChI=1S/C16H21N3S/c1-11(17-3)15-12(2)18-16(20-15)19-9-8-13-6-4-5-7-14(13)10-19/h4-7,11,17H,8-10H2,1-3H3. The maximum absolute atomic E-state index is 4.78. The van der Waals surface area contributed by atoms with E-state index < -0.39 is 0 Å². The number of nitrogens with zero attached hydrogens (tertiary/aromatic N) is 2. The lowest BCUT2D eigenvalue weighted by atomic mass is 10.0. The summed E-state index contributed by atoms with van der Waals surface area (Å²) in [7, 11) is 2.00. The normalized spacial score (nSPS) is 16.1. The van der Waals surface area contributed by atoms with Crippen LogP contribution in [0.25, 0.3) is 0 Å². The van der Waals surface area contributed by atoms with E-state index in [1.54, 1.807) is 0 Å². The van der Waals surface area contributed by atoms with Gasteiger partial charge in [0.2, 0.25) is 0 Å². The quantitative estimate of drug-likeness (QED) is 0.939. The Balaban J connectivity index is 1.85. The van der Waals surface area contributed by atoms with Crippen molar-refractivity contribution in [3.8, 4) is 0 Å². The summed E-state index contributed by atoms with van der Waals surface area (Å²) in [6.07, 6.45) is 1.12. The van der Waals surface area contributed by atoms with Gasteiger partial charge in [0.05, 0.1) is 5.69 Å². The summed E-state index contributed by atoms with van der Waals surface area (Å²) < 4.78 is 0. The fourth-order valence-corrected chi connectivity index (χ4v) is 3.87. The van der Waals surface area contributed by atoms with Gasteiger partial charge in [-0.25, -0.2) is 4.98 Å². The molecule has 0 spiro atoms. The van der Waals surface area contributed by atoms with Gasteiger partial charge in [-0.15, -0.1) is 11.3 Å². The topological polar surface area (TPSA) is 28.2 Å². The van der Waals surface area contributed by atoms with Gasteiger partial charge in [0, 0.05) is 24.0 Å². The Kier molecular flexibility index (Phi) is 3.76. The molecule has 0 fully saturated rings. The highest BCUT2D eigenvalue weighted by atomic mass is 32.1. The second-order valence-corrected chi connectivity index (χ2v) is 6.41. The van der Waals surface area contributed by atoms with Gasteiger partial charge in [0.15, 0.2) is 5.13 Å². The number of rotatable bonds is 3. The molecule has 1 aromatic heterocycles. The van der Waals surface area contributed by atoms with E-state index in [0.717, 1.165) is 30.3 Å². The first-order chi connectivity index (χ1) is 9.69. The number of anilines is 1. The zero-order chi connectivity index (χ0) is 14.1. The molecule has 0 bridgehead atoms. The van der Waals surface area contributed by atoms with Crippen LogP contribution in [0.5, 0.6) is 0 Å². The molecule has 0 saturated carbocycles. The van der Waals surface area contributed by atoms with Crippen LogP contribution in [0.2, 0.25) is 0 Å². The van der Waals surface area contributed by atoms with E-state index in [2.05, 4.69) is 48.3 Å². The first kappa shape index (κ1) is 13.6. The lowest BCUT2D eigenvalue weighted by Crippen LogP contribution is -2.30. The first-order valence-corrected chi connectivity index (χ1v) is 7.97. The number of hydrogen-bond donors (Lipinski definition) is 1. The van der Waals surface area contributed by atoms with Gasteiger partial charge >= 0.3 is 0 Å². The predicted octanol–water partition coefficient (Wildman–Crippen LogP) is 3.29. The second kappa shape index (κ2) is 5.54. The molecule has 3 rings (SSSR count). The second-order valence-electron chi connectivity index (χ2n) is 5.40. The van der Waals surface area contributed by atoms with Gasteiger partial charge in [-0.1, -0.05) is 24.3 Å². The minimum absolute atomic E-state index is 0.373. The summed E-state index contributed by atoms with van der Waals surface area (Å²) in [5.74, 6) is 0. The molecule has 3 nitrogen and oxygen atoms in total. The molecule has 4 heteroatoms. The minimum Gasteiger partial charge on any atom is -0.343 e. The van der Waals surface area contributed by atoms with E-state index in [0.29, 0.717) is 6.04 Å². The highest BCUT2D eigenvalue weighted by Gasteiger charge is 2.21. The van der Waals surface area contributed by atoms with E-state index in [9.17, 15) is 0 Å². The molecule has 2 heterocycles. The van der Waals surface area contributed by atoms with Gasteiger partial charge in [0.1, 0.15) is 0 Å². The molecule has 1 N–H and O–H groups in total. The molecule has 20 heavy (non-hydrogen) atoms. The van der Waals surface area contributed by atoms with E-state index in [4.69, 9.17) is 4.98 Å². The molecule has 1 unspecified atom stereocenters. The summed E-state index contributed by atoms with van der Waals surface area (Å²) in [5.41, 5.74) is 4.08. The Labute approximate surface area is 124 Å². The molecular formula is C16H21N3S. The summed E-state index contributed by atoms with van der Waals surface area (Å²) in [5, 5.41) is 4.47. The van der Waals surface area contributed by atoms with E-state index in [1.165, 1.54) is 16.0 Å². The molecular weight excluding hydrogens is 266 g/mol. The number of hydrogen-bond acceptors (Lipinski definition) is 4. The van der Waals surface area contributed by atoms with E-state index in [-0.39, 0.29) is 0 Å². The van der Waals surface area contributed by atoms with Crippen molar-refractivity contribution >= 4 is 16.5 Å². The third-order valence-corrected chi connectivity index (χ3v) is 5.45. The molecule has 0 aliphatic carbocycles. The van der Waals surface area contributed by atoms with Crippen molar-refractivity contribution in [1.82, 2.24) is 10.3 Å². The molecule has 1 aliphatic heterocycles. The highest BCUT2D eigenvalue weighted by molar-refractivity contribution is 7.15. The van der Waals surface area contributed by atoms with Crippen molar-refractivity contribution in [2.75, 3.05) is 18.5 Å². The zero-order valence-electron chi connectivity index (χ0n) is 12.3. The number of benzene rings is 1. The van der Waals surface area contributed by atoms with Gasteiger partial charge in [-0.05, 0) is 38.4 Å². The van der Waals surface area contributed by atoms with Crippen molar-refractivity contribution in [2.45, 2.75) is 32.9 Å². The van der Waals surface area contributed by atoms with Gasteiger partial charge in [-0.3, -0.25) is 0 Å². The third-order valence-electron chi connectivity index (χ3n) is 4.05. The molecule has 0 saturated heterocycles. The smallest absolute Gasteiger partial charge is 0.186 e. The number of aryl methyl sites for hydroxylation is 1. The van der Waals surface area contributed by atoms with Crippen LogP contribution in [0.4, 0.5) is 5.13 Å². The Hall–Kier alpha value is -1.39. The molecule has 0 amide bonds. The molecule has 1 atom stereocenters. The van der Waals surface area contributed by atoms with Crippen LogP contribution in [0, 0.1) is 6.92 Å². The SMILES string of the molecule is CNC(C)c1sc(N2CCc3ccccc3C2)nc1C. The Bertz CT molecular complexity index is 606. The van der Waals surface area contributed by atoms with Crippen LogP contribution in [0.1, 0.15) is 34.7 Å². The molecule has 0 radical (unpaired) electrons. The van der Waals surface area contributed by atoms with Gasteiger partial charge < -0.3 is 10.2 Å². The van der Waals surface area contributed by atoms with Crippen molar-refractivity contribution < 1.29 is 0 Å².